The van der Waals surface area contributed by atoms with E-state index in [9.17, 15) is 0 Å². The molecule has 1 N–H and O–H groups in total. The highest BCUT2D eigenvalue weighted by molar-refractivity contribution is 9.10. The van der Waals surface area contributed by atoms with Crippen LogP contribution >= 0.6 is 31.9 Å². The molecule has 1 aliphatic heterocycles. The first kappa shape index (κ1) is 17.6. The van der Waals surface area contributed by atoms with Crippen molar-refractivity contribution in [3.63, 3.8) is 0 Å². The molecule has 2 unspecified atom stereocenters. The van der Waals surface area contributed by atoms with Gasteiger partial charge in [0.15, 0.2) is 0 Å². The zero-order valence-electron chi connectivity index (χ0n) is 12.2. The van der Waals surface area contributed by atoms with Crippen LogP contribution in [0.1, 0.15) is 23.3 Å². The lowest BCUT2D eigenvalue weighted by atomic mass is 10.1. The highest BCUT2D eigenvalue weighted by Crippen LogP contribution is 2.30. The minimum absolute atomic E-state index is 0.0120. The van der Waals surface area contributed by atoms with Crippen molar-refractivity contribution < 1.29 is 14.6 Å². The maximum absolute atomic E-state index is 8.91. The molecule has 0 radical (unpaired) electrons. The van der Waals surface area contributed by atoms with Crippen molar-refractivity contribution in [2.45, 2.75) is 12.2 Å². The quantitative estimate of drug-likeness (QED) is 0.719. The fourth-order valence-corrected chi connectivity index (χ4v) is 2.44. The molecule has 22 heavy (non-hydrogen) atoms. The number of methoxy groups -OCH3 is 1. The van der Waals surface area contributed by atoms with Crippen molar-refractivity contribution in [3.05, 3.63) is 68.6 Å². The molecule has 1 aliphatic rings. The van der Waals surface area contributed by atoms with E-state index in [0.29, 0.717) is 6.10 Å². The molecule has 0 aromatic heterocycles. The summed E-state index contributed by atoms with van der Waals surface area (Å²) >= 11 is 6.71. The van der Waals surface area contributed by atoms with Crippen LogP contribution in [0.3, 0.4) is 0 Å². The van der Waals surface area contributed by atoms with Crippen LogP contribution in [0.25, 0.3) is 0 Å². The second kappa shape index (κ2) is 8.79. The molecule has 3 nitrogen and oxygen atoms in total. The first-order chi connectivity index (χ1) is 10.6. The highest BCUT2D eigenvalue weighted by atomic mass is 79.9. The van der Waals surface area contributed by atoms with Gasteiger partial charge in [-0.1, -0.05) is 56.1 Å². The summed E-state index contributed by atoms with van der Waals surface area (Å²) in [6, 6.07) is 16.0. The number of rotatable bonds is 4. The maximum atomic E-state index is 8.91. The van der Waals surface area contributed by atoms with Crippen LogP contribution in [0.4, 0.5) is 0 Å². The van der Waals surface area contributed by atoms with Gasteiger partial charge >= 0.3 is 0 Å². The molecule has 1 heterocycles. The fraction of sp³-hybridized carbons (Fsp3) is 0.294. The standard InChI is InChI=1S/C9H11BrO2.C8H7BrO/c1-12-9(6-11)7-2-4-8(10)5-3-7;9-7-3-1-6(2-4-7)8-5-10-8/h2-5,9,11H,6H2,1H3;1-4,8H,5H2. The van der Waals surface area contributed by atoms with Gasteiger partial charge in [-0.2, -0.15) is 0 Å². The molecular formula is C17H18Br2O3. The molecule has 1 fully saturated rings. The molecule has 2 atom stereocenters. The van der Waals surface area contributed by atoms with E-state index in [-0.39, 0.29) is 12.7 Å². The van der Waals surface area contributed by atoms with Gasteiger partial charge in [-0.15, -0.1) is 0 Å². The number of hydrogen-bond donors (Lipinski definition) is 1. The monoisotopic (exact) mass is 428 g/mol. The molecule has 118 valence electrons. The second-order valence-corrected chi connectivity index (χ2v) is 6.66. The molecule has 2 aromatic carbocycles. The fourth-order valence-electron chi connectivity index (χ4n) is 1.91. The van der Waals surface area contributed by atoms with Crippen LogP contribution in [-0.2, 0) is 9.47 Å². The Morgan fingerprint density at radius 3 is 2.00 bits per heavy atom. The van der Waals surface area contributed by atoms with Gasteiger partial charge in [-0.05, 0) is 35.4 Å². The van der Waals surface area contributed by atoms with E-state index in [2.05, 4.69) is 44.0 Å². The van der Waals surface area contributed by atoms with E-state index in [1.54, 1.807) is 7.11 Å². The van der Waals surface area contributed by atoms with E-state index >= 15 is 0 Å². The summed E-state index contributed by atoms with van der Waals surface area (Å²) in [5.41, 5.74) is 2.27. The summed E-state index contributed by atoms with van der Waals surface area (Å²) in [6.07, 6.45) is 0.172. The van der Waals surface area contributed by atoms with Crippen molar-refractivity contribution in [1.29, 1.82) is 0 Å². The third-order valence-electron chi connectivity index (χ3n) is 3.27. The predicted octanol–water partition coefficient (Wildman–Crippen LogP) is 4.65. The molecular weight excluding hydrogens is 412 g/mol. The third kappa shape index (κ3) is 5.48. The predicted molar refractivity (Wildman–Crippen MR) is 93.8 cm³/mol. The van der Waals surface area contributed by atoms with E-state index in [1.807, 2.05) is 36.4 Å². The minimum Gasteiger partial charge on any atom is -0.393 e. The Morgan fingerprint density at radius 2 is 1.59 bits per heavy atom. The molecule has 1 saturated heterocycles. The molecule has 0 amide bonds. The molecule has 0 aliphatic carbocycles. The number of benzene rings is 2. The number of hydrogen-bond acceptors (Lipinski definition) is 3. The summed E-state index contributed by atoms with van der Waals surface area (Å²) in [5.74, 6) is 0. The smallest absolute Gasteiger partial charge is 0.106 e. The summed E-state index contributed by atoms with van der Waals surface area (Å²) < 4.78 is 12.3. The summed E-state index contributed by atoms with van der Waals surface area (Å²) in [5, 5.41) is 8.91. The first-order valence-corrected chi connectivity index (χ1v) is 8.49. The third-order valence-corrected chi connectivity index (χ3v) is 4.32. The maximum Gasteiger partial charge on any atom is 0.106 e. The Labute approximate surface area is 147 Å². The second-order valence-electron chi connectivity index (χ2n) is 4.83. The Morgan fingerprint density at radius 1 is 1.09 bits per heavy atom. The van der Waals surface area contributed by atoms with Crippen LogP contribution in [-0.4, -0.2) is 25.4 Å². The van der Waals surface area contributed by atoms with E-state index in [1.165, 1.54) is 5.56 Å². The zero-order chi connectivity index (χ0) is 15.9. The minimum atomic E-state index is -0.210. The van der Waals surface area contributed by atoms with Gasteiger partial charge in [0.2, 0.25) is 0 Å². The summed E-state index contributed by atoms with van der Waals surface area (Å²) in [4.78, 5) is 0. The van der Waals surface area contributed by atoms with Gasteiger partial charge in [-0.3, -0.25) is 0 Å². The van der Waals surface area contributed by atoms with Crippen LogP contribution in [0.5, 0.6) is 0 Å². The lowest BCUT2D eigenvalue weighted by molar-refractivity contribution is 0.0484. The van der Waals surface area contributed by atoms with Crippen LogP contribution in [0.2, 0.25) is 0 Å². The molecule has 2 aromatic rings. The number of halogens is 2. The molecule has 5 heteroatoms. The number of ether oxygens (including phenoxy) is 2. The Kier molecular flexibility index (Phi) is 7.05. The summed E-state index contributed by atoms with van der Waals surface area (Å²) in [6.45, 7) is 0.903. The van der Waals surface area contributed by atoms with Crippen molar-refractivity contribution >= 4 is 31.9 Å². The SMILES string of the molecule is Brc1ccc(C2CO2)cc1.COC(CO)c1ccc(Br)cc1. The molecule has 0 saturated carbocycles. The van der Waals surface area contributed by atoms with Crippen molar-refractivity contribution in [1.82, 2.24) is 0 Å². The van der Waals surface area contributed by atoms with Gasteiger partial charge in [0.05, 0.1) is 13.2 Å². The van der Waals surface area contributed by atoms with Gasteiger partial charge in [0, 0.05) is 16.1 Å². The Bertz CT molecular complexity index is 561. The van der Waals surface area contributed by atoms with Crippen molar-refractivity contribution in [3.8, 4) is 0 Å². The number of aliphatic hydroxyl groups is 1. The molecule has 3 rings (SSSR count). The number of epoxide rings is 1. The van der Waals surface area contributed by atoms with Crippen LogP contribution in [0, 0.1) is 0 Å². The Hall–Kier alpha value is -0.720. The average molecular weight is 430 g/mol. The van der Waals surface area contributed by atoms with Gasteiger partial charge in [0.25, 0.3) is 0 Å². The lowest BCUT2D eigenvalue weighted by Crippen LogP contribution is -2.05. The van der Waals surface area contributed by atoms with E-state index in [0.717, 1.165) is 21.1 Å². The topological polar surface area (TPSA) is 42.0 Å². The summed E-state index contributed by atoms with van der Waals surface area (Å²) in [7, 11) is 1.59. The molecule has 0 spiro atoms. The van der Waals surface area contributed by atoms with Crippen molar-refractivity contribution in [2.24, 2.45) is 0 Å². The number of aliphatic hydroxyl groups excluding tert-OH is 1. The van der Waals surface area contributed by atoms with Crippen LogP contribution < -0.4 is 0 Å². The van der Waals surface area contributed by atoms with E-state index < -0.39 is 0 Å². The normalized spacial score (nSPS) is 17.4. The van der Waals surface area contributed by atoms with Gasteiger partial charge in [0.1, 0.15) is 12.2 Å². The first-order valence-electron chi connectivity index (χ1n) is 6.90. The van der Waals surface area contributed by atoms with Gasteiger partial charge < -0.3 is 14.6 Å². The highest BCUT2D eigenvalue weighted by Gasteiger charge is 2.23. The molecule has 0 bridgehead atoms. The van der Waals surface area contributed by atoms with Crippen molar-refractivity contribution in [2.75, 3.05) is 20.3 Å². The lowest BCUT2D eigenvalue weighted by Gasteiger charge is -2.11. The zero-order valence-corrected chi connectivity index (χ0v) is 15.4. The van der Waals surface area contributed by atoms with Gasteiger partial charge in [-0.25, -0.2) is 0 Å². The van der Waals surface area contributed by atoms with E-state index in [4.69, 9.17) is 14.6 Å². The Balaban J connectivity index is 0.000000162. The average Bonchev–Trinajstić information content (AvgIpc) is 3.37. The van der Waals surface area contributed by atoms with Crippen LogP contribution in [0.15, 0.2) is 57.5 Å². The largest absolute Gasteiger partial charge is 0.393 e.